The molecule has 0 aliphatic rings. The Morgan fingerprint density at radius 1 is 1.44 bits per heavy atom. The Labute approximate surface area is 106 Å². The molecular formula is C13H17N3O2. The van der Waals surface area contributed by atoms with Crippen molar-refractivity contribution in [2.75, 3.05) is 20.6 Å². The van der Waals surface area contributed by atoms with Gasteiger partial charge in [-0.15, -0.1) is 0 Å². The van der Waals surface area contributed by atoms with Gasteiger partial charge in [-0.1, -0.05) is 0 Å². The van der Waals surface area contributed by atoms with Crippen LogP contribution >= 0.6 is 0 Å². The smallest absolute Gasteiger partial charge is 0.267 e. The molecule has 5 heteroatoms. The van der Waals surface area contributed by atoms with Gasteiger partial charge in [0.15, 0.2) is 0 Å². The lowest BCUT2D eigenvalue weighted by molar-refractivity contribution is 0.0934. The molecule has 0 radical (unpaired) electrons. The molecule has 2 N–H and O–H groups in total. The summed E-state index contributed by atoms with van der Waals surface area (Å²) in [5.41, 5.74) is 0.562. The largest absolute Gasteiger partial charge is 0.468 e. The first-order chi connectivity index (χ1) is 8.68. The normalized spacial score (nSPS) is 12.6. The molecule has 0 saturated carbocycles. The number of nitrogens with zero attached hydrogens (tertiary/aromatic N) is 1. The summed E-state index contributed by atoms with van der Waals surface area (Å²) in [7, 11) is 3.90. The molecule has 2 heterocycles. The standard InChI is InChI=1S/C13H17N3O2/c1-16(2)11(12-6-4-8-18-12)9-15-13(17)10-5-3-7-14-10/h3-8,11,14H,9H2,1-2H3,(H,15,17). The van der Waals surface area contributed by atoms with Gasteiger partial charge in [-0.2, -0.15) is 0 Å². The first kappa shape index (κ1) is 12.4. The summed E-state index contributed by atoms with van der Waals surface area (Å²) in [6.45, 7) is 0.498. The summed E-state index contributed by atoms with van der Waals surface area (Å²) >= 11 is 0. The Morgan fingerprint density at radius 3 is 2.83 bits per heavy atom. The second-order valence-electron chi connectivity index (χ2n) is 4.29. The van der Waals surface area contributed by atoms with Crippen LogP contribution in [-0.4, -0.2) is 36.4 Å². The maximum Gasteiger partial charge on any atom is 0.267 e. The minimum atomic E-state index is -0.113. The quantitative estimate of drug-likeness (QED) is 0.844. The van der Waals surface area contributed by atoms with Gasteiger partial charge < -0.3 is 14.7 Å². The van der Waals surface area contributed by atoms with Crippen LogP contribution in [0.1, 0.15) is 22.3 Å². The van der Waals surface area contributed by atoms with Crippen LogP contribution in [-0.2, 0) is 0 Å². The van der Waals surface area contributed by atoms with Crippen molar-refractivity contribution in [1.29, 1.82) is 0 Å². The SMILES string of the molecule is CN(C)C(CNC(=O)c1ccc[nH]1)c1ccco1. The predicted octanol–water partition coefficient (Wildman–Crippen LogP) is 1.64. The van der Waals surface area contributed by atoms with Crippen molar-refractivity contribution >= 4 is 5.91 Å². The van der Waals surface area contributed by atoms with Crippen molar-refractivity contribution in [3.05, 3.63) is 48.2 Å². The first-order valence-electron chi connectivity index (χ1n) is 5.80. The zero-order valence-electron chi connectivity index (χ0n) is 10.5. The third-order valence-electron chi connectivity index (χ3n) is 2.79. The van der Waals surface area contributed by atoms with Gasteiger partial charge in [0.25, 0.3) is 5.91 Å². The van der Waals surface area contributed by atoms with Crippen molar-refractivity contribution in [1.82, 2.24) is 15.2 Å². The molecule has 2 aromatic heterocycles. The highest BCUT2D eigenvalue weighted by Gasteiger charge is 2.18. The van der Waals surface area contributed by atoms with Gasteiger partial charge in [0.05, 0.1) is 12.3 Å². The predicted molar refractivity (Wildman–Crippen MR) is 68.3 cm³/mol. The second kappa shape index (κ2) is 5.55. The van der Waals surface area contributed by atoms with Crippen LogP contribution in [0.2, 0.25) is 0 Å². The molecule has 2 rings (SSSR count). The van der Waals surface area contributed by atoms with Gasteiger partial charge in [0.2, 0.25) is 0 Å². The van der Waals surface area contributed by atoms with Crippen LogP contribution in [0.5, 0.6) is 0 Å². The number of amides is 1. The second-order valence-corrected chi connectivity index (χ2v) is 4.29. The minimum Gasteiger partial charge on any atom is -0.468 e. The van der Waals surface area contributed by atoms with Crippen molar-refractivity contribution in [3.8, 4) is 0 Å². The maximum absolute atomic E-state index is 11.8. The summed E-state index contributed by atoms with van der Waals surface area (Å²) in [5, 5.41) is 2.88. The Balaban J connectivity index is 1.97. The summed E-state index contributed by atoms with van der Waals surface area (Å²) in [4.78, 5) is 16.7. The molecule has 0 aliphatic carbocycles. The number of furan rings is 1. The number of likely N-dealkylation sites (N-methyl/N-ethyl adjacent to an activating group) is 1. The van der Waals surface area contributed by atoms with Crippen molar-refractivity contribution < 1.29 is 9.21 Å². The van der Waals surface area contributed by atoms with Gasteiger partial charge in [-0.25, -0.2) is 0 Å². The average Bonchev–Trinajstić information content (AvgIpc) is 3.01. The molecule has 0 fully saturated rings. The molecule has 5 nitrogen and oxygen atoms in total. The molecule has 2 aromatic rings. The summed E-state index contributed by atoms with van der Waals surface area (Å²) in [5.74, 6) is 0.727. The Morgan fingerprint density at radius 2 is 2.28 bits per heavy atom. The van der Waals surface area contributed by atoms with Crippen molar-refractivity contribution in [2.45, 2.75) is 6.04 Å². The van der Waals surface area contributed by atoms with Crippen LogP contribution in [0.25, 0.3) is 0 Å². The minimum absolute atomic E-state index is 0.0268. The van der Waals surface area contributed by atoms with E-state index in [1.807, 2.05) is 31.1 Å². The van der Waals surface area contributed by atoms with Gasteiger partial charge in [0.1, 0.15) is 11.5 Å². The number of nitrogens with one attached hydrogen (secondary N) is 2. The number of H-pyrrole nitrogens is 1. The molecule has 0 aliphatic heterocycles. The molecule has 0 aromatic carbocycles. The maximum atomic E-state index is 11.8. The average molecular weight is 247 g/mol. The molecule has 0 saturated heterocycles. The molecule has 18 heavy (non-hydrogen) atoms. The zero-order valence-corrected chi connectivity index (χ0v) is 10.5. The van der Waals surface area contributed by atoms with Crippen molar-refractivity contribution in [3.63, 3.8) is 0 Å². The number of aromatic nitrogens is 1. The molecule has 0 spiro atoms. The Kier molecular flexibility index (Phi) is 3.84. The number of hydrogen-bond acceptors (Lipinski definition) is 3. The number of carbonyl (C=O) groups excluding carboxylic acids is 1. The molecule has 1 amide bonds. The van der Waals surface area contributed by atoms with Crippen LogP contribution in [0.15, 0.2) is 41.1 Å². The van der Waals surface area contributed by atoms with Gasteiger partial charge in [-0.3, -0.25) is 9.69 Å². The van der Waals surface area contributed by atoms with E-state index < -0.39 is 0 Å². The van der Waals surface area contributed by atoms with E-state index in [4.69, 9.17) is 4.42 Å². The Bertz CT molecular complexity index is 474. The Hall–Kier alpha value is -2.01. The third-order valence-corrected chi connectivity index (χ3v) is 2.79. The number of rotatable bonds is 5. The highest BCUT2D eigenvalue weighted by molar-refractivity contribution is 5.92. The van der Waals surface area contributed by atoms with E-state index in [0.717, 1.165) is 5.76 Å². The third kappa shape index (κ3) is 2.81. The summed E-state index contributed by atoms with van der Waals surface area (Å²) in [6.07, 6.45) is 3.36. The monoisotopic (exact) mass is 247 g/mol. The molecule has 96 valence electrons. The lowest BCUT2D eigenvalue weighted by atomic mass is 10.2. The van der Waals surface area contributed by atoms with Crippen LogP contribution < -0.4 is 5.32 Å². The fraction of sp³-hybridized carbons (Fsp3) is 0.308. The van der Waals surface area contributed by atoms with Crippen LogP contribution in [0.3, 0.4) is 0 Å². The fourth-order valence-electron chi connectivity index (χ4n) is 1.77. The van der Waals surface area contributed by atoms with E-state index >= 15 is 0 Å². The van der Waals surface area contributed by atoms with Gasteiger partial charge in [0, 0.05) is 12.7 Å². The van der Waals surface area contributed by atoms with Crippen LogP contribution in [0, 0.1) is 0 Å². The van der Waals surface area contributed by atoms with Crippen molar-refractivity contribution in [2.24, 2.45) is 0 Å². The van der Waals surface area contributed by atoms with E-state index in [9.17, 15) is 4.79 Å². The lowest BCUT2D eigenvalue weighted by Gasteiger charge is -2.22. The van der Waals surface area contributed by atoms with E-state index in [2.05, 4.69) is 10.3 Å². The molecule has 0 bridgehead atoms. The number of hydrogen-bond donors (Lipinski definition) is 2. The first-order valence-corrected chi connectivity index (χ1v) is 5.80. The van der Waals surface area contributed by atoms with E-state index in [1.54, 1.807) is 24.6 Å². The lowest BCUT2D eigenvalue weighted by Crippen LogP contribution is -2.34. The molecule has 1 atom stereocenters. The van der Waals surface area contributed by atoms with Gasteiger partial charge in [-0.05, 0) is 38.4 Å². The fourth-order valence-corrected chi connectivity index (χ4v) is 1.77. The van der Waals surface area contributed by atoms with E-state index in [0.29, 0.717) is 12.2 Å². The number of carbonyl (C=O) groups is 1. The number of aromatic amines is 1. The molecular weight excluding hydrogens is 230 g/mol. The summed E-state index contributed by atoms with van der Waals surface area (Å²) in [6, 6.07) is 7.32. The highest BCUT2D eigenvalue weighted by Crippen LogP contribution is 2.17. The highest BCUT2D eigenvalue weighted by atomic mass is 16.3. The topological polar surface area (TPSA) is 61.3 Å². The van der Waals surface area contributed by atoms with Gasteiger partial charge >= 0.3 is 0 Å². The van der Waals surface area contributed by atoms with E-state index in [1.165, 1.54) is 0 Å². The molecule has 1 unspecified atom stereocenters. The van der Waals surface area contributed by atoms with E-state index in [-0.39, 0.29) is 11.9 Å². The van der Waals surface area contributed by atoms with Crippen LogP contribution in [0.4, 0.5) is 0 Å². The summed E-state index contributed by atoms with van der Waals surface area (Å²) < 4.78 is 5.38. The zero-order chi connectivity index (χ0) is 13.0.